The molecule has 19 heavy (non-hydrogen) atoms. The van der Waals surface area contributed by atoms with Gasteiger partial charge in [0.1, 0.15) is 11.9 Å². The van der Waals surface area contributed by atoms with Crippen LogP contribution in [0.5, 0.6) is 5.75 Å². The SMILES string of the molecule is CCCCC1=CC(OC(C)=O)c2ccc(OC)cc21. The minimum Gasteiger partial charge on any atom is -0.497 e. The summed E-state index contributed by atoms with van der Waals surface area (Å²) in [5, 5.41) is 0. The molecule has 0 fully saturated rings. The number of hydrogen-bond donors (Lipinski definition) is 0. The second-order valence-corrected chi connectivity index (χ2v) is 4.78. The molecule has 3 heteroatoms. The van der Waals surface area contributed by atoms with E-state index in [0.29, 0.717) is 0 Å². The molecule has 102 valence electrons. The quantitative estimate of drug-likeness (QED) is 0.753. The maximum atomic E-state index is 11.2. The Kier molecular flexibility index (Phi) is 4.25. The summed E-state index contributed by atoms with van der Waals surface area (Å²) in [6, 6.07) is 5.92. The summed E-state index contributed by atoms with van der Waals surface area (Å²) in [7, 11) is 1.66. The molecule has 0 heterocycles. The minimum absolute atomic E-state index is 0.245. The van der Waals surface area contributed by atoms with E-state index < -0.39 is 0 Å². The monoisotopic (exact) mass is 260 g/mol. The Morgan fingerprint density at radius 1 is 1.37 bits per heavy atom. The van der Waals surface area contributed by atoms with Gasteiger partial charge in [-0.3, -0.25) is 4.79 Å². The first kappa shape index (κ1) is 13.7. The van der Waals surface area contributed by atoms with Crippen LogP contribution >= 0.6 is 0 Å². The molecule has 1 aromatic carbocycles. The van der Waals surface area contributed by atoms with Crippen molar-refractivity contribution >= 4 is 11.5 Å². The average Bonchev–Trinajstić information content (AvgIpc) is 2.73. The second-order valence-electron chi connectivity index (χ2n) is 4.78. The van der Waals surface area contributed by atoms with E-state index in [4.69, 9.17) is 9.47 Å². The first-order valence-corrected chi connectivity index (χ1v) is 6.72. The molecular weight excluding hydrogens is 240 g/mol. The fourth-order valence-corrected chi connectivity index (χ4v) is 2.41. The second kappa shape index (κ2) is 5.91. The summed E-state index contributed by atoms with van der Waals surface area (Å²) in [5.74, 6) is 0.587. The van der Waals surface area contributed by atoms with Crippen molar-refractivity contribution in [1.29, 1.82) is 0 Å². The molecule has 0 radical (unpaired) electrons. The molecule has 0 bridgehead atoms. The normalized spacial score (nSPS) is 16.8. The molecule has 0 saturated heterocycles. The van der Waals surface area contributed by atoms with Crippen LogP contribution in [0, 0.1) is 0 Å². The van der Waals surface area contributed by atoms with Gasteiger partial charge in [-0.25, -0.2) is 0 Å². The number of hydrogen-bond acceptors (Lipinski definition) is 3. The lowest BCUT2D eigenvalue weighted by Gasteiger charge is -2.12. The van der Waals surface area contributed by atoms with Gasteiger partial charge in [-0.05, 0) is 42.2 Å². The van der Waals surface area contributed by atoms with Gasteiger partial charge < -0.3 is 9.47 Å². The smallest absolute Gasteiger partial charge is 0.303 e. The molecular formula is C16H20O3. The number of benzene rings is 1. The third-order valence-electron chi connectivity index (χ3n) is 3.36. The number of carbonyl (C=O) groups excluding carboxylic acids is 1. The van der Waals surface area contributed by atoms with Crippen LogP contribution in [-0.4, -0.2) is 13.1 Å². The van der Waals surface area contributed by atoms with Gasteiger partial charge in [0.05, 0.1) is 7.11 Å². The van der Waals surface area contributed by atoms with Crippen molar-refractivity contribution in [3.8, 4) is 5.75 Å². The van der Waals surface area contributed by atoms with E-state index in [1.807, 2.05) is 18.2 Å². The molecule has 1 aliphatic carbocycles. The van der Waals surface area contributed by atoms with E-state index in [1.165, 1.54) is 12.5 Å². The summed E-state index contributed by atoms with van der Waals surface area (Å²) < 4.78 is 10.6. The Labute approximate surface area is 114 Å². The number of unbranched alkanes of at least 4 members (excludes halogenated alkanes) is 1. The molecule has 0 saturated carbocycles. The largest absolute Gasteiger partial charge is 0.497 e. The van der Waals surface area contributed by atoms with Gasteiger partial charge in [0.25, 0.3) is 0 Å². The van der Waals surface area contributed by atoms with Crippen molar-refractivity contribution in [2.75, 3.05) is 7.11 Å². The first-order chi connectivity index (χ1) is 9.15. The summed E-state index contributed by atoms with van der Waals surface area (Å²) in [5.41, 5.74) is 3.46. The molecule has 0 aromatic heterocycles. The molecule has 0 aliphatic heterocycles. The number of allylic oxidation sites excluding steroid dienone is 1. The van der Waals surface area contributed by atoms with Crippen molar-refractivity contribution in [3.05, 3.63) is 35.4 Å². The lowest BCUT2D eigenvalue weighted by molar-refractivity contribution is -0.144. The van der Waals surface area contributed by atoms with Gasteiger partial charge in [-0.2, -0.15) is 0 Å². The van der Waals surface area contributed by atoms with Gasteiger partial charge in [0, 0.05) is 12.5 Å². The molecule has 0 spiro atoms. The van der Waals surface area contributed by atoms with Crippen molar-refractivity contribution in [2.45, 2.75) is 39.2 Å². The van der Waals surface area contributed by atoms with E-state index in [0.717, 1.165) is 36.1 Å². The van der Waals surface area contributed by atoms with Gasteiger partial charge >= 0.3 is 5.97 Å². The Morgan fingerprint density at radius 3 is 2.79 bits per heavy atom. The van der Waals surface area contributed by atoms with E-state index in [-0.39, 0.29) is 12.1 Å². The number of rotatable bonds is 5. The zero-order valence-corrected chi connectivity index (χ0v) is 11.7. The predicted octanol–water partition coefficient (Wildman–Crippen LogP) is 3.89. The molecule has 1 aliphatic rings. The van der Waals surface area contributed by atoms with Crippen LogP contribution in [0.25, 0.3) is 5.57 Å². The summed E-state index contributed by atoms with van der Waals surface area (Å²) in [6.45, 7) is 3.62. The van der Waals surface area contributed by atoms with Crippen LogP contribution in [0.3, 0.4) is 0 Å². The van der Waals surface area contributed by atoms with Crippen LogP contribution in [-0.2, 0) is 9.53 Å². The fraction of sp³-hybridized carbons (Fsp3) is 0.438. The molecule has 1 aromatic rings. The maximum Gasteiger partial charge on any atom is 0.303 e. The van der Waals surface area contributed by atoms with Crippen molar-refractivity contribution < 1.29 is 14.3 Å². The molecule has 3 nitrogen and oxygen atoms in total. The lowest BCUT2D eigenvalue weighted by Crippen LogP contribution is -2.04. The highest BCUT2D eigenvalue weighted by Gasteiger charge is 2.25. The van der Waals surface area contributed by atoms with E-state index >= 15 is 0 Å². The number of ether oxygens (including phenoxy) is 2. The highest BCUT2D eigenvalue weighted by molar-refractivity contribution is 5.77. The molecule has 0 amide bonds. The van der Waals surface area contributed by atoms with Crippen molar-refractivity contribution in [2.24, 2.45) is 0 Å². The van der Waals surface area contributed by atoms with Gasteiger partial charge in [0.2, 0.25) is 0 Å². The van der Waals surface area contributed by atoms with Gasteiger partial charge in [0.15, 0.2) is 0 Å². The lowest BCUT2D eigenvalue weighted by atomic mass is 10.0. The summed E-state index contributed by atoms with van der Waals surface area (Å²) in [4.78, 5) is 11.2. The van der Waals surface area contributed by atoms with Crippen LogP contribution in [0.2, 0.25) is 0 Å². The predicted molar refractivity (Wildman–Crippen MR) is 75.0 cm³/mol. The van der Waals surface area contributed by atoms with Crippen LogP contribution in [0.4, 0.5) is 0 Å². The molecule has 1 unspecified atom stereocenters. The highest BCUT2D eigenvalue weighted by Crippen LogP contribution is 2.40. The summed E-state index contributed by atoms with van der Waals surface area (Å²) >= 11 is 0. The van der Waals surface area contributed by atoms with E-state index in [2.05, 4.69) is 13.0 Å². The van der Waals surface area contributed by atoms with Gasteiger partial charge in [-0.1, -0.05) is 19.4 Å². The number of methoxy groups -OCH3 is 1. The number of carbonyl (C=O) groups is 1. The zero-order valence-electron chi connectivity index (χ0n) is 11.7. The third-order valence-corrected chi connectivity index (χ3v) is 3.36. The van der Waals surface area contributed by atoms with Gasteiger partial charge in [-0.15, -0.1) is 0 Å². The number of fused-ring (bicyclic) bond motifs is 1. The standard InChI is InChI=1S/C16H20O3/c1-4-5-6-12-9-16(19-11(2)17)14-8-7-13(18-3)10-15(12)14/h7-10,16H,4-6H2,1-3H3. The van der Waals surface area contributed by atoms with Crippen LogP contribution in [0.1, 0.15) is 50.3 Å². The maximum absolute atomic E-state index is 11.2. The Hall–Kier alpha value is -1.77. The zero-order chi connectivity index (χ0) is 13.8. The molecule has 2 rings (SSSR count). The average molecular weight is 260 g/mol. The fourth-order valence-electron chi connectivity index (χ4n) is 2.41. The van der Waals surface area contributed by atoms with Crippen LogP contribution < -0.4 is 4.74 Å². The Morgan fingerprint density at radius 2 is 2.16 bits per heavy atom. The minimum atomic E-state index is -0.250. The Bertz CT molecular complexity index is 503. The number of esters is 1. The van der Waals surface area contributed by atoms with Crippen LogP contribution in [0.15, 0.2) is 24.3 Å². The topological polar surface area (TPSA) is 35.5 Å². The molecule has 1 atom stereocenters. The molecule has 0 N–H and O–H groups in total. The highest BCUT2D eigenvalue weighted by atomic mass is 16.5. The van der Waals surface area contributed by atoms with Crippen molar-refractivity contribution in [3.63, 3.8) is 0 Å². The summed E-state index contributed by atoms with van der Waals surface area (Å²) in [6.07, 6.45) is 5.10. The van der Waals surface area contributed by atoms with E-state index in [1.54, 1.807) is 7.11 Å². The first-order valence-electron chi connectivity index (χ1n) is 6.72. The van der Waals surface area contributed by atoms with Crippen molar-refractivity contribution in [1.82, 2.24) is 0 Å². The van der Waals surface area contributed by atoms with E-state index in [9.17, 15) is 4.79 Å². The third kappa shape index (κ3) is 2.98. The Balaban J connectivity index is 2.32.